The van der Waals surface area contributed by atoms with E-state index in [0.717, 1.165) is 0 Å². The Morgan fingerprint density at radius 3 is 2.69 bits per heavy atom. The normalized spacial score (nSPS) is 13.4. The number of aromatic nitrogens is 4. The highest BCUT2D eigenvalue weighted by Gasteiger charge is 2.34. The molecule has 5 rings (SSSR count). The molecule has 1 aliphatic heterocycles. The van der Waals surface area contributed by atoms with Crippen LogP contribution in [0.2, 0.25) is 5.02 Å². The molecule has 1 aliphatic rings. The van der Waals surface area contributed by atoms with Crippen LogP contribution in [0.25, 0.3) is 21.9 Å². The van der Waals surface area contributed by atoms with E-state index < -0.39 is 12.1 Å². The number of alkyl halides is 2. The summed E-state index contributed by atoms with van der Waals surface area (Å²) < 4.78 is 27.5. The second-order valence-electron chi connectivity index (χ2n) is 7.25. The summed E-state index contributed by atoms with van der Waals surface area (Å²) in [6, 6.07) is 9.76. The first-order valence-electron chi connectivity index (χ1n) is 9.57. The number of benzene rings is 2. The van der Waals surface area contributed by atoms with Gasteiger partial charge in [0, 0.05) is 39.8 Å². The van der Waals surface area contributed by atoms with Crippen LogP contribution in [0.1, 0.15) is 28.2 Å². The van der Waals surface area contributed by atoms with Gasteiger partial charge in [-0.25, -0.2) is 9.78 Å². The van der Waals surface area contributed by atoms with Crippen LogP contribution in [0.15, 0.2) is 47.4 Å². The number of nitrogens with one attached hydrogen (secondary N) is 1. The van der Waals surface area contributed by atoms with E-state index in [1.165, 1.54) is 11.1 Å². The van der Waals surface area contributed by atoms with Crippen molar-refractivity contribution in [1.29, 1.82) is 0 Å². The number of nitrogens with zero attached hydrogens (tertiary/aromatic N) is 4. The Kier molecular flexibility index (Phi) is 4.75. The zero-order valence-electron chi connectivity index (χ0n) is 16.3. The molecule has 32 heavy (non-hydrogen) atoms. The zero-order chi connectivity index (χ0) is 22.6. The van der Waals surface area contributed by atoms with Crippen LogP contribution in [0.4, 0.5) is 14.6 Å². The lowest BCUT2D eigenvalue weighted by Crippen LogP contribution is -2.24. The van der Waals surface area contributed by atoms with Gasteiger partial charge in [0.05, 0.1) is 17.6 Å². The van der Waals surface area contributed by atoms with Crippen LogP contribution in [0.5, 0.6) is 0 Å². The third-order valence-corrected chi connectivity index (χ3v) is 5.80. The summed E-state index contributed by atoms with van der Waals surface area (Å²) in [6.07, 6.45) is 1.17. The number of anilines is 1. The van der Waals surface area contributed by atoms with Crippen molar-refractivity contribution >= 4 is 34.1 Å². The van der Waals surface area contributed by atoms with Crippen molar-refractivity contribution < 1.29 is 13.6 Å². The minimum Gasteiger partial charge on any atom is -0.325 e. The second-order valence-corrected chi connectivity index (χ2v) is 7.65. The van der Waals surface area contributed by atoms with E-state index in [4.69, 9.17) is 17.3 Å². The van der Waals surface area contributed by atoms with Gasteiger partial charge in [0.25, 0.3) is 11.5 Å². The van der Waals surface area contributed by atoms with Crippen LogP contribution in [0.3, 0.4) is 0 Å². The second kappa shape index (κ2) is 7.50. The van der Waals surface area contributed by atoms with Crippen molar-refractivity contribution in [2.45, 2.75) is 19.6 Å². The first-order valence-corrected chi connectivity index (χ1v) is 9.95. The molecule has 0 saturated heterocycles. The monoisotopic (exact) mass is 456 g/mol. The fourth-order valence-electron chi connectivity index (χ4n) is 3.89. The van der Waals surface area contributed by atoms with Gasteiger partial charge in [-0.05, 0) is 29.8 Å². The van der Waals surface area contributed by atoms with Crippen molar-refractivity contribution in [1.82, 2.24) is 20.0 Å². The molecular formula is C21H15ClF2N6O2. The number of H-pyrrole nitrogens is 1. The quantitative estimate of drug-likeness (QED) is 0.488. The molecule has 3 heterocycles. The number of fused-ring (bicyclic) bond motifs is 2. The number of aromatic amines is 1. The first kappa shape index (κ1) is 20.3. The van der Waals surface area contributed by atoms with E-state index >= 15 is 0 Å². The third kappa shape index (κ3) is 3.07. The maximum absolute atomic E-state index is 13.5. The smallest absolute Gasteiger partial charge is 0.325 e. The Morgan fingerprint density at radius 1 is 1.16 bits per heavy atom. The standard InChI is InChI=1S/C21H15ClF2N6O2/c22-16-3-1-2-12-15(16)8-29(20(12)32)18-14(9-30(28-18)21(23)24)10-4-5-11-13(6-10)17(7-25)26-27-19(11)31/h1-6,9,21H,7-8,25H2,(H,27,31). The Labute approximate surface area is 184 Å². The van der Waals surface area contributed by atoms with Gasteiger partial charge in [-0.2, -0.15) is 13.9 Å². The molecule has 0 aliphatic carbocycles. The summed E-state index contributed by atoms with van der Waals surface area (Å²) in [6.45, 7) is -2.74. The van der Waals surface area contributed by atoms with Crippen molar-refractivity contribution in [3.05, 3.63) is 74.8 Å². The maximum Gasteiger partial charge on any atom is 0.333 e. The Hall–Kier alpha value is -3.63. The molecule has 2 aromatic heterocycles. The minimum atomic E-state index is -2.91. The van der Waals surface area contributed by atoms with Gasteiger partial charge in [-0.1, -0.05) is 23.7 Å². The van der Waals surface area contributed by atoms with Gasteiger partial charge < -0.3 is 5.73 Å². The van der Waals surface area contributed by atoms with Crippen molar-refractivity contribution in [3.63, 3.8) is 0 Å². The van der Waals surface area contributed by atoms with Gasteiger partial charge >= 0.3 is 6.55 Å². The molecule has 3 N–H and O–H groups in total. The van der Waals surface area contributed by atoms with Crippen LogP contribution in [-0.2, 0) is 13.1 Å². The molecule has 0 saturated carbocycles. The lowest BCUT2D eigenvalue weighted by atomic mass is 10.0. The first-order chi connectivity index (χ1) is 15.4. The number of amides is 1. The number of halogens is 3. The molecule has 11 heteroatoms. The highest BCUT2D eigenvalue weighted by Crippen LogP contribution is 2.38. The number of rotatable bonds is 4. The van der Waals surface area contributed by atoms with E-state index in [0.29, 0.717) is 48.4 Å². The molecular weight excluding hydrogens is 442 g/mol. The summed E-state index contributed by atoms with van der Waals surface area (Å²) in [4.78, 5) is 26.5. The van der Waals surface area contributed by atoms with Gasteiger partial charge in [-0.15, -0.1) is 5.10 Å². The SMILES string of the molecule is NCc1n[nH]c(=O)c2ccc(-c3cn(C(F)F)nc3N3Cc4c(Cl)cccc4C3=O)cc12. The summed E-state index contributed by atoms with van der Waals surface area (Å²) in [5.74, 6) is -0.321. The van der Waals surface area contributed by atoms with Crippen molar-refractivity contribution in [3.8, 4) is 11.1 Å². The molecule has 4 aromatic rings. The van der Waals surface area contributed by atoms with Crippen molar-refractivity contribution in [2.24, 2.45) is 5.73 Å². The summed E-state index contributed by atoms with van der Waals surface area (Å²) >= 11 is 6.24. The van der Waals surface area contributed by atoms with Gasteiger partial charge in [-0.3, -0.25) is 14.5 Å². The summed E-state index contributed by atoms with van der Waals surface area (Å²) in [7, 11) is 0. The van der Waals surface area contributed by atoms with Gasteiger partial charge in [0.1, 0.15) is 0 Å². The molecule has 1 amide bonds. The molecule has 0 unspecified atom stereocenters. The van der Waals surface area contributed by atoms with E-state index in [2.05, 4.69) is 15.3 Å². The Morgan fingerprint density at radius 2 is 1.97 bits per heavy atom. The van der Waals surface area contributed by atoms with Crippen LogP contribution in [-0.4, -0.2) is 25.9 Å². The molecule has 0 fully saturated rings. The number of nitrogens with two attached hydrogens (primary N) is 1. The average molecular weight is 457 g/mol. The maximum atomic E-state index is 13.5. The number of carbonyl (C=O) groups is 1. The Bertz CT molecular complexity index is 1450. The minimum absolute atomic E-state index is 0.0639. The molecule has 0 spiro atoms. The molecule has 8 nitrogen and oxygen atoms in total. The molecule has 162 valence electrons. The van der Waals surface area contributed by atoms with E-state index in [1.54, 1.807) is 36.4 Å². The van der Waals surface area contributed by atoms with E-state index in [9.17, 15) is 18.4 Å². The number of hydrogen-bond acceptors (Lipinski definition) is 5. The average Bonchev–Trinajstić information content (AvgIpc) is 3.37. The number of hydrogen-bond donors (Lipinski definition) is 2. The Balaban J connectivity index is 1.69. The van der Waals surface area contributed by atoms with E-state index in [-0.39, 0.29) is 24.8 Å². The largest absolute Gasteiger partial charge is 0.333 e. The molecule has 0 radical (unpaired) electrons. The van der Waals surface area contributed by atoms with Crippen LogP contribution in [0, 0.1) is 0 Å². The fourth-order valence-corrected chi connectivity index (χ4v) is 4.13. The zero-order valence-corrected chi connectivity index (χ0v) is 17.1. The van der Waals surface area contributed by atoms with E-state index in [1.807, 2.05) is 0 Å². The predicted molar refractivity (Wildman–Crippen MR) is 115 cm³/mol. The third-order valence-electron chi connectivity index (χ3n) is 5.45. The molecule has 0 atom stereocenters. The lowest BCUT2D eigenvalue weighted by molar-refractivity contribution is 0.0567. The molecule has 0 bridgehead atoms. The van der Waals surface area contributed by atoms with Gasteiger partial charge in [0.2, 0.25) is 0 Å². The summed E-state index contributed by atoms with van der Waals surface area (Å²) in [5.41, 5.74) is 7.58. The summed E-state index contributed by atoms with van der Waals surface area (Å²) in [5, 5.41) is 11.6. The van der Waals surface area contributed by atoms with Gasteiger partial charge in [0.15, 0.2) is 5.82 Å². The molecule has 2 aromatic carbocycles. The fraction of sp³-hybridized carbons (Fsp3) is 0.143. The highest BCUT2D eigenvalue weighted by atomic mass is 35.5. The van der Waals surface area contributed by atoms with Crippen LogP contribution < -0.4 is 16.2 Å². The highest BCUT2D eigenvalue weighted by molar-refractivity contribution is 6.32. The van der Waals surface area contributed by atoms with Crippen molar-refractivity contribution in [2.75, 3.05) is 4.90 Å². The lowest BCUT2D eigenvalue weighted by Gasteiger charge is -2.15. The van der Waals surface area contributed by atoms with Crippen LogP contribution >= 0.6 is 11.6 Å². The number of carbonyl (C=O) groups excluding carboxylic acids is 1. The predicted octanol–water partition coefficient (Wildman–Crippen LogP) is 3.45. The topological polar surface area (TPSA) is 110 Å².